The first-order valence-electron chi connectivity index (χ1n) is 5.88. The molecule has 0 aliphatic heterocycles. The Bertz CT molecular complexity index is 673. The van der Waals surface area contributed by atoms with Crippen LogP contribution in [0.1, 0.15) is 5.56 Å². The van der Waals surface area contributed by atoms with Crippen LogP contribution in [0.2, 0.25) is 25.1 Å². The quantitative estimate of drug-likeness (QED) is 0.488. The van der Waals surface area contributed by atoms with Gasteiger partial charge in [0.2, 0.25) is 0 Å². The van der Waals surface area contributed by atoms with Crippen molar-refractivity contribution < 1.29 is 4.39 Å². The molecule has 7 heteroatoms. The van der Waals surface area contributed by atoms with Crippen LogP contribution in [0.3, 0.4) is 0 Å². The molecule has 112 valence electrons. The average Bonchev–Trinajstić information content (AvgIpc) is 2.46. The van der Waals surface area contributed by atoms with E-state index in [2.05, 4.69) is 0 Å². The normalized spacial score (nSPS) is 11.0. The second kappa shape index (κ2) is 6.91. The Kier molecular flexibility index (Phi) is 5.64. The minimum Gasteiger partial charge on any atom is -0.330 e. The predicted octanol–water partition coefficient (Wildman–Crippen LogP) is 6.26. The first-order valence-corrected chi connectivity index (χ1v) is 7.77. The van der Waals surface area contributed by atoms with E-state index in [4.69, 9.17) is 63.7 Å². The van der Waals surface area contributed by atoms with Gasteiger partial charge >= 0.3 is 0 Å². The van der Waals surface area contributed by atoms with E-state index >= 15 is 0 Å². The average molecular weight is 387 g/mol. The summed E-state index contributed by atoms with van der Waals surface area (Å²) >= 11 is 30.5. The molecule has 0 spiro atoms. The third kappa shape index (κ3) is 3.26. The first kappa shape index (κ1) is 17.1. The predicted molar refractivity (Wildman–Crippen MR) is 89.6 cm³/mol. The summed E-state index contributed by atoms with van der Waals surface area (Å²) in [5.41, 5.74) is 7.21. The summed E-state index contributed by atoms with van der Waals surface area (Å²) in [6.07, 6.45) is 0.528. The van der Waals surface area contributed by atoms with Crippen molar-refractivity contribution in [3.63, 3.8) is 0 Å². The van der Waals surface area contributed by atoms with Gasteiger partial charge in [0.15, 0.2) is 0 Å². The number of nitrogens with two attached hydrogens (primary N) is 1. The zero-order valence-electron chi connectivity index (χ0n) is 10.5. The van der Waals surface area contributed by atoms with Crippen LogP contribution in [0.5, 0.6) is 0 Å². The molecule has 0 atom stereocenters. The Labute approximate surface area is 146 Å². The van der Waals surface area contributed by atoms with Crippen molar-refractivity contribution in [2.45, 2.75) is 6.42 Å². The summed E-state index contributed by atoms with van der Waals surface area (Å²) in [6, 6.07) is 4.29. The molecule has 2 aromatic carbocycles. The summed E-state index contributed by atoms with van der Waals surface area (Å²) in [4.78, 5) is 0. The van der Waals surface area contributed by atoms with Gasteiger partial charge in [0.1, 0.15) is 5.82 Å². The molecule has 0 aliphatic rings. The van der Waals surface area contributed by atoms with E-state index in [1.807, 2.05) is 0 Å². The fourth-order valence-electron chi connectivity index (χ4n) is 2.00. The highest BCUT2D eigenvalue weighted by molar-refractivity contribution is 6.56. The molecule has 0 fully saturated rings. The lowest BCUT2D eigenvalue weighted by Gasteiger charge is -2.16. The van der Waals surface area contributed by atoms with Gasteiger partial charge < -0.3 is 5.73 Å². The van der Waals surface area contributed by atoms with Crippen molar-refractivity contribution >= 4 is 58.0 Å². The molecule has 2 rings (SSSR count). The number of halogens is 6. The van der Waals surface area contributed by atoms with Crippen LogP contribution < -0.4 is 5.73 Å². The molecular weight excluding hydrogens is 378 g/mol. The lowest BCUT2D eigenvalue weighted by Crippen LogP contribution is -2.04. The molecule has 0 aromatic heterocycles. The van der Waals surface area contributed by atoms with Crippen molar-refractivity contribution in [1.29, 1.82) is 0 Å². The molecule has 0 heterocycles. The van der Waals surface area contributed by atoms with Crippen molar-refractivity contribution in [1.82, 2.24) is 0 Å². The fraction of sp³-hybridized carbons (Fsp3) is 0.143. The number of hydrogen-bond acceptors (Lipinski definition) is 1. The maximum atomic E-state index is 13.6. The van der Waals surface area contributed by atoms with E-state index in [1.54, 1.807) is 6.07 Å². The molecule has 21 heavy (non-hydrogen) atoms. The fourth-order valence-corrected chi connectivity index (χ4v) is 3.34. The SMILES string of the molecule is NCCc1ccc(F)cc1-c1c(Cl)c(Cl)c(Cl)c(Cl)c1Cl. The highest BCUT2D eigenvalue weighted by Crippen LogP contribution is 2.48. The van der Waals surface area contributed by atoms with Crippen LogP contribution in [0.4, 0.5) is 4.39 Å². The van der Waals surface area contributed by atoms with E-state index in [-0.39, 0.29) is 25.1 Å². The lowest BCUT2D eigenvalue weighted by atomic mass is 9.97. The monoisotopic (exact) mass is 385 g/mol. The summed E-state index contributed by atoms with van der Waals surface area (Å²) in [5.74, 6) is -0.430. The molecule has 0 amide bonds. The molecular formula is C14H9Cl5FN. The Morgan fingerprint density at radius 3 is 1.90 bits per heavy atom. The number of hydrogen-bond donors (Lipinski definition) is 1. The minimum atomic E-state index is -0.430. The lowest BCUT2D eigenvalue weighted by molar-refractivity contribution is 0.627. The first-order chi connectivity index (χ1) is 9.88. The van der Waals surface area contributed by atoms with Gasteiger partial charge in [-0.2, -0.15) is 0 Å². The molecule has 2 N–H and O–H groups in total. The van der Waals surface area contributed by atoms with Crippen molar-refractivity contribution in [2.75, 3.05) is 6.54 Å². The van der Waals surface area contributed by atoms with Crippen molar-refractivity contribution in [2.24, 2.45) is 5.73 Å². The molecule has 0 aliphatic carbocycles. The molecule has 1 nitrogen and oxygen atoms in total. The maximum absolute atomic E-state index is 13.6. The number of rotatable bonds is 3. The molecule has 0 saturated heterocycles. The van der Waals surface area contributed by atoms with E-state index < -0.39 is 5.82 Å². The maximum Gasteiger partial charge on any atom is 0.123 e. The molecule has 2 aromatic rings. The van der Waals surface area contributed by atoms with Crippen LogP contribution >= 0.6 is 58.0 Å². The Morgan fingerprint density at radius 1 is 0.857 bits per heavy atom. The van der Waals surface area contributed by atoms with Crippen LogP contribution in [-0.4, -0.2) is 6.54 Å². The summed E-state index contributed by atoms with van der Waals surface area (Å²) < 4.78 is 13.6. The van der Waals surface area contributed by atoms with Crippen molar-refractivity contribution in [3.05, 3.63) is 54.7 Å². The Balaban J connectivity index is 2.81. The van der Waals surface area contributed by atoms with Gasteiger partial charge in [0.25, 0.3) is 0 Å². The van der Waals surface area contributed by atoms with Gasteiger partial charge in [0.05, 0.1) is 25.1 Å². The largest absolute Gasteiger partial charge is 0.330 e. The highest BCUT2D eigenvalue weighted by atomic mass is 35.5. The zero-order valence-corrected chi connectivity index (χ0v) is 14.3. The van der Waals surface area contributed by atoms with E-state index in [9.17, 15) is 4.39 Å². The van der Waals surface area contributed by atoms with E-state index in [0.717, 1.165) is 5.56 Å². The Morgan fingerprint density at radius 2 is 1.38 bits per heavy atom. The van der Waals surface area contributed by atoms with Crippen LogP contribution in [0, 0.1) is 5.82 Å². The van der Waals surface area contributed by atoms with Gasteiger partial charge in [-0.3, -0.25) is 0 Å². The van der Waals surface area contributed by atoms with Gasteiger partial charge in [0, 0.05) is 5.56 Å². The van der Waals surface area contributed by atoms with Crippen LogP contribution in [-0.2, 0) is 6.42 Å². The zero-order chi connectivity index (χ0) is 15.7. The van der Waals surface area contributed by atoms with Gasteiger partial charge in [-0.1, -0.05) is 64.1 Å². The van der Waals surface area contributed by atoms with Gasteiger partial charge in [-0.15, -0.1) is 0 Å². The molecule has 0 unspecified atom stereocenters. The third-order valence-corrected chi connectivity index (χ3v) is 5.24. The van der Waals surface area contributed by atoms with Crippen LogP contribution in [0.15, 0.2) is 18.2 Å². The van der Waals surface area contributed by atoms with Gasteiger partial charge in [-0.25, -0.2) is 4.39 Å². The minimum absolute atomic E-state index is 0.0638. The molecule has 0 bridgehead atoms. The summed E-state index contributed by atoms with van der Waals surface area (Å²) in [5, 5.41) is 0.463. The van der Waals surface area contributed by atoms with E-state index in [0.29, 0.717) is 24.1 Å². The third-order valence-electron chi connectivity index (χ3n) is 2.96. The summed E-state index contributed by atoms with van der Waals surface area (Å²) in [7, 11) is 0. The van der Waals surface area contributed by atoms with Crippen LogP contribution in [0.25, 0.3) is 11.1 Å². The van der Waals surface area contributed by atoms with Gasteiger partial charge in [-0.05, 0) is 36.2 Å². The topological polar surface area (TPSA) is 26.0 Å². The van der Waals surface area contributed by atoms with Crippen molar-refractivity contribution in [3.8, 4) is 11.1 Å². The molecule has 0 radical (unpaired) electrons. The smallest absolute Gasteiger partial charge is 0.123 e. The second-order valence-electron chi connectivity index (χ2n) is 4.29. The second-order valence-corrected chi connectivity index (χ2v) is 6.17. The summed E-state index contributed by atoms with van der Waals surface area (Å²) in [6.45, 7) is 0.392. The Hall–Kier alpha value is -0.220. The standard InChI is InChI=1S/C14H9Cl5FN/c15-10-9(11(16)13(18)14(19)12(10)17)8-5-7(20)2-1-6(8)3-4-21/h1-2,5H,3-4,21H2. The highest BCUT2D eigenvalue weighted by Gasteiger charge is 2.22. The molecule has 0 saturated carbocycles. The number of benzene rings is 2. The van der Waals surface area contributed by atoms with E-state index in [1.165, 1.54) is 12.1 Å².